The van der Waals surface area contributed by atoms with Crippen molar-refractivity contribution in [2.75, 3.05) is 26.1 Å². The van der Waals surface area contributed by atoms with Gasteiger partial charge in [0.15, 0.2) is 11.5 Å². The molecule has 0 aliphatic rings. The molecule has 0 saturated carbocycles. The third-order valence-electron chi connectivity index (χ3n) is 2.23. The number of carbonyl (C=O) groups is 1. The predicted octanol–water partition coefficient (Wildman–Crippen LogP) is 0.461. The van der Waals surface area contributed by atoms with Crippen LogP contribution in [0.15, 0.2) is 18.3 Å². The molecule has 18 heavy (non-hydrogen) atoms. The number of rotatable bonds is 5. The summed E-state index contributed by atoms with van der Waals surface area (Å²) in [5.74, 6) is 0.327. The van der Waals surface area contributed by atoms with Crippen LogP contribution in [0, 0.1) is 0 Å². The Morgan fingerprint density at radius 1 is 1.44 bits per heavy atom. The molecule has 0 bridgehead atoms. The molecule has 7 nitrogen and oxygen atoms in total. The lowest BCUT2D eigenvalue weighted by atomic mass is 10.4. The van der Waals surface area contributed by atoms with Crippen molar-refractivity contribution in [1.29, 1.82) is 0 Å². The van der Waals surface area contributed by atoms with Gasteiger partial charge in [-0.1, -0.05) is 0 Å². The third-order valence-corrected chi connectivity index (χ3v) is 2.23. The van der Waals surface area contributed by atoms with Crippen LogP contribution < -0.4 is 5.32 Å². The fraction of sp³-hybridized carbons (Fsp3) is 0.364. The Balaban J connectivity index is 2.29. The van der Waals surface area contributed by atoms with E-state index in [1.165, 1.54) is 7.11 Å². The van der Waals surface area contributed by atoms with Crippen LogP contribution in [0.1, 0.15) is 5.82 Å². The van der Waals surface area contributed by atoms with Gasteiger partial charge in [0.25, 0.3) is 0 Å². The molecule has 96 valence electrons. The van der Waals surface area contributed by atoms with E-state index in [0.717, 1.165) is 0 Å². The third kappa shape index (κ3) is 2.63. The number of ether oxygens (including phenoxy) is 2. The van der Waals surface area contributed by atoms with Crippen molar-refractivity contribution in [1.82, 2.24) is 14.6 Å². The van der Waals surface area contributed by atoms with E-state index < -0.39 is 0 Å². The number of methoxy groups -OCH3 is 2. The number of hydrogen-bond donors (Lipinski definition) is 1. The fourth-order valence-electron chi connectivity index (χ4n) is 1.56. The topological polar surface area (TPSA) is 77.8 Å². The maximum Gasteiger partial charge on any atom is 0.250 e. The van der Waals surface area contributed by atoms with Gasteiger partial charge in [-0.25, -0.2) is 9.50 Å². The molecule has 0 fully saturated rings. The highest BCUT2D eigenvalue weighted by molar-refractivity contribution is 5.94. The summed E-state index contributed by atoms with van der Waals surface area (Å²) in [7, 11) is 3.04. The highest BCUT2D eigenvalue weighted by Gasteiger charge is 2.09. The van der Waals surface area contributed by atoms with E-state index in [-0.39, 0.29) is 12.5 Å². The largest absolute Gasteiger partial charge is 0.377 e. The Labute approximate surface area is 104 Å². The number of nitrogens with one attached hydrogen (secondary N) is 1. The van der Waals surface area contributed by atoms with Gasteiger partial charge in [0.2, 0.25) is 5.91 Å². The molecular formula is C11H14N4O3. The number of nitrogens with zero attached hydrogens (tertiary/aromatic N) is 3. The molecule has 2 aromatic rings. The lowest BCUT2D eigenvalue weighted by molar-refractivity contribution is -0.119. The zero-order chi connectivity index (χ0) is 13.0. The molecule has 0 radical (unpaired) electrons. The highest BCUT2D eigenvalue weighted by atomic mass is 16.5. The molecule has 0 aromatic carbocycles. The standard InChI is InChI=1S/C11H14N4O3/c1-17-6-9-13-11-8(12-10(16)7-18-2)4-3-5-15(11)14-9/h3-5H,6-7H2,1-2H3,(H,12,16). The number of carbonyl (C=O) groups excluding carboxylic acids is 1. The molecule has 1 amide bonds. The minimum Gasteiger partial charge on any atom is -0.377 e. The second-order valence-electron chi connectivity index (χ2n) is 3.63. The van der Waals surface area contributed by atoms with Gasteiger partial charge in [-0.2, -0.15) is 0 Å². The number of pyridine rings is 1. The zero-order valence-electron chi connectivity index (χ0n) is 10.2. The number of hydrogen-bond acceptors (Lipinski definition) is 5. The van der Waals surface area contributed by atoms with Crippen molar-refractivity contribution in [3.05, 3.63) is 24.2 Å². The molecule has 0 spiro atoms. The summed E-state index contributed by atoms with van der Waals surface area (Å²) < 4.78 is 11.3. The molecule has 0 aliphatic heterocycles. The molecule has 0 saturated heterocycles. The van der Waals surface area contributed by atoms with Crippen molar-refractivity contribution in [3.63, 3.8) is 0 Å². The van der Waals surface area contributed by atoms with Crippen LogP contribution in [0.5, 0.6) is 0 Å². The molecule has 2 aromatic heterocycles. The summed E-state index contributed by atoms with van der Waals surface area (Å²) in [6.07, 6.45) is 1.76. The normalized spacial score (nSPS) is 10.8. The van der Waals surface area contributed by atoms with Crippen LogP contribution in [0.4, 0.5) is 5.69 Å². The van der Waals surface area contributed by atoms with E-state index in [1.807, 2.05) is 0 Å². The summed E-state index contributed by atoms with van der Waals surface area (Å²) in [5.41, 5.74) is 1.17. The van der Waals surface area contributed by atoms with Crippen LogP contribution in [0.25, 0.3) is 5.65 Å². The van der Waals surface area contributed by atoms with E-state index in [2.05, 4.69) is 15.4 Å². The predicted molar refractivity (Wildman–Crippen MR) is 64.2 cm³/mol. The van der Waals surface area contributed by atoms with Gasteiger partial charge in [-0.3, -0.25) is 4.79 Å². The van der Waals surface area contributed by atoms with Gasteiger partial charge < -0.3 is 14.8 Å². The number of amides is 1. The molecule has 2 heterocycles. The van der Waals surface area contributed by atoms with E-state index in [0.29, 0.717) is 23.8 Å². The maximum atomic E-state index is 11.5. The average molecular weight is 250 g/mol. The maximum absolute atomic E-state index is 11.5. The summed E-state index contributed by atoms with van der Waals surface area (Å²) in [6, 6.07) is 3.54. The van der Waals surface area contributed by atoms with Gasteiger partial charge in [-0.15, -0.1) is 5.10 Å². The van der Waals surface area contributed by atoms with Gasteiger partial charge >= 0.3 is 0 Å². The molecule has 1 N–H and O–H groups in total. The minimum absolute atomic E-state index is 0.000119. The van der Waals surface area contributed by atoms with Gasteiger partial charge in [-0.05, 0) is 12.1 Å². The van der Waals surface area contributed by atoms with Crippen molar-refractivity contribution in [2.45, 2.75) is 6.61 Å². The summed E-state index contributed by atoms with van der Waals surface area (Å²) in [6.45, 7) is 0.327. The van der Waals surface area contributed by atoms with E-state index >= 15 is 0 Å². The summed E-state index contributed by atoms with van der Waals surface area (Å²) in [5, 5.41) is 6.93. The lowest BCUT2D eigenvalue weighted by Gasteiger charge is -2.04. The number of aromatic nitrogens is 3. The Morgan fingerprint density at radius 3 is 3.00 bits per heavy atom. The molecule has 0 unspecified atom stereocenters. The molecule has 0 atom stereocenters. The van der Waals surface area contributed by atoms with Crippen LogP contribution in [-0.4, -0.2) is 41.3 Å². The Hall–Kier alpha value is -1.99. The van der Waals surface area contributed by atoms with Crippen molar-refractivity contribution < 1.29 is 14.3 Å². The second kappa shape index (κ2) is 5.56. The van der Waals surface area contributed by atoms with E-state index in [9.17, 15) is 4.79 Å². The fourth-order valence-corrected chi connectivity index (χ4v) is 1.56. The first-order valence-electron chi connectivity index (χ1n) is 5.36. The van der Waals surface area contributed by atoms with Gasteiger partial charge in [0.05, 0.1) is 5.69 Å². The van der Waals surface area contributed by atoms with E-state index in [4.69, 9.17) is 9.47 Å². The highest BCUT2D eigenvalue weighted by Crippen LogP contribution is 2.14. The first kappa shape index (κ1) is 12.5. The Morgan fingerprint density at radius 2 is 2.28 bits per heavy atom. The molecule has 7 heteroatoms. The van der Waals surface area contributed by atoms with Gasteiger partial charge in [0.1, 0.15) is 13.2 Å². The Bertz CT molecular complexity index is 552. The number of fused-ring (bicyclic) bond motifs is 1. The molecule has 2 rings (SSSR count). The summed E-state index contributed by atoms with van der Waals surface area (Å²) >= 11 is 0. The summed E-state index contributed by atoms with van der Waals surface area (Å²) in [4.78, 5) is 15.8. The minimum atomic E-state index is -0.234. The molecule has 0 aliphatic carbocycles. The van der Waals surface area contributed by atoms with Gasteiger partial charge in [0, 0.05) is 20.4 Å². The Kier molecular flexibility index (Phi) is 3.85. The zero-order valence-corrected chi connectivity index (χ0v) is 10.2. The van der Waals surface area contributed by atoms with Crippen LogP contribution in [-0.2, 0) is 20.9 Å². The monoisotopic (exact) mass is 250 g/mol. The first-order valence-corrected chi connectivity index (χ1v) is 5.36. The van der Waals surface area contributed by atoms with Crippen molar-refractivity contribution in [2.24, 2.45) is 0 Å². The van der Waals surface area contributed by atoms with Crippen LogP contribution in [0.2, 0.25) is 0 Å². The van der Waals surface area contributed by atoms with Crippen LogP contribution in [0.3, 0.4) is 0 Å². The van der Waals surface area contributed by atoms with E-state index in [1.54, 1.807) is 30.0 Å². The molecular weight excluding hydrogens is 236 g/mol. The SMILES string of the molecule is COCC(=O)Nc1cccn2nc(COC)nc12. The average Bonchev–Trinajstić information content (AvgIpc) is 2.73. The first-order chi connectivity index (χ1) is 8.74. The number of anilines is 1. The quantitative estimate of drug-likeness (QED) is 0.834. The van der Waals surface area contributed by atoms with Crippen LogP contribution >= 0.6 is 0 Å². The van der Waals surface area contributed by atoms with Crippen molar-refractivity contribution >= 4 is 17.2 Å². The second-order valence-corrected chi connectivity index (χ2v) is 3.63. The smallest absolute Gasteiger partial charge is 0.250 e. The van der Waals surface area contributed by atoms with Crippen molar-refractivity contribution in [3.8, 4) is 0 Å². The lowest BCUT2D eigenvalue weighted by Crippen LogP contribution is -2.17.